The Kier molecular flexibility index (Phi) is 3.85. The molecule has 0 aliphatic rings. The van der Waals surface area contributed by atoms with E-state index in [4.69, 9.17) is 4.74 Å². The fraction of sp³-hybridized carbons (Fsp3) is 0.273. The summed E-state index contributed by atoms with van der Waals surface area (Å²) in [4.78, 5) is 14.2. The van der Waals surface area contributed by atoms with Crippen LogP contribution in [0.15, 0.2) is 30.5 Å². The molecular formula is C11H13NO2. The van der Waals surface area contributed by atoms with Crippen molar-refractivity contribution in [1.82, 2.24) is 4.98 Å². The number of rotatable bonds is 5. The van der Waals surface area contributed by atoms with Gasteiger partial charge in [0.2, 0.25) is 0 Å². The van der Waals surface area contributed by atoms with E-state index in [9.17, 15) is 4.79 Å². The number of carbonyl (C=O) groups is 1. The quantitative estimate of drug-likeness (QED) is 0.529. The Morgan fingerprint density at radius 1 is 1.64 bits per heavy atom. The Morgan fingerprint density at radius 2 is 2.43 bits per heavy atom. The zero-order chi connectivity index (χ0) is 10.4. The van der Waals surface area contributed by atoms with Crippen molar-refractivity contribution in [2.75, 3.05) is 6.61 Å². The molecule has 0 saturated carbocycles. The van der Waals surface area contributed by atoms with Crippen LogP contribution in [0, 0.1) is 0 Å². The number of pyridine rings is 1. The lowest BCUT2D eigenvalue weighted by Crippen LogP contribution is -2.00. The molecule has 0 N–H and O–H groups in total. The fourth-order valence-corrected chi connectivity index (χ4v) is 0.834. The molecule has 1 rings (SSSR count). The van der Waals surface area contributed by atoms with Crippen LogP contribution >= 0.6 is 0 Å². The highest BCUT2D eigenvalue weighted by Crippen LogP contribution is 2.09. The Bertz CT molecular complexity index is 317. The number of aromatic nitrogens is 1. The minimum absolute atomic E-state index is 0.409. The SMILES string of the molecule is C=C(CC)COc1ccc(C=O)nc1. The molecule has 3 nitrogen and oxygen atoms in total. The lowest BCUT2D eigenvalue weighted by Gasteiger charge is -2.06. The third-order valence-corrected chi connectivity index (χ3v) is 1.82. The van der Waals surface area contributed by atoms with Crippen LogP contribution in [0.2, 0.25) is 0 Å². The van der Waals surface area contributed by atoms with Gasteiger partial charge >= 0.3 is 0 Å². The molecule has 0 unspecified atom stereocenters. The molecule has 0 aromatic carbocycles. The summed E-state index contributed by atoms with van der Waals surface area (Å²) in [5.41, 5.74) is 1.44. The minimum atomic E-state index is 0.409. The van der Waals surface area contributed by atoms with Crippen molar-refractivity contribution >= 4 is 6.29 Å². The molecule has 74 valence electrons. The van der Waals surface area contributed by atoms with E-state index in [-0.39, 0.29) is 0 Å². The van der Waals surface area contributed by atoms with Gasteiger partial charge in [0.05, 0.1) is 6.20 Å². The number of aldehydes is 1. The molecule has 1 aromatic rings. The zero-order valence-electron chi connectivity index (χ0n) is 8.19. The highest BCUT2D eigenvalue weighted by molar-refractivity contribution is 5.71. The van der Waals surface area contributed by atoms with E-state index in [0.29, 0.717) is 24.3 Å². The van der Waals surface area contributed by atoms with Gasteiger partial charge in [-0.2, -0.15) is 0 Å². The largest absolute Gasteiger partial charge is 0.488 e. The Balaban J connectivity index is 2.51. The highest BCUT2D eigenvalue weighted by atomic mass is 16.5. The predicted molar refractivity (Wildman–Crippen MR) is 54.6 cm³/mol. The average Bonchev–Trinajstić information content (AvgIpc) is 2.26. The van der Waals surface area contributed by atoms with E-state index in [1.165, 1.54) is 6.20 Å². The first-order valence-electron chi connectivity index (χ1n) is 4.47. The van der Waals surface area contributed by atoms with Crippen LogP contribution in [0.25, 0.3) is 0 Å². The predicted octanol–water partition coefficient (Wildman–Crippen LogP) is 2.24. The van der Waals surface area contributed by atoms with Gasteiger partial charge in [-0.3, -0.25) is 4.79 Å². The van der Waals surface area contributed by atoms with E-state index in [0.717, 1.165) is 12.0 Å². The Hall–Kier alpha value is -1.64. The standard InChI is InChI=1S/C11H13NO2/c1-3-9(2)8-14-11-5-4-10(7-13)12-6-11/h4-7H,2-3,8H2,1H3. The van der Waals surface area contributed by atoms with E-state index in [2.05, 4.69) is 11.6 Å². The molecule has 0 aliphatic carbocycles. The highest BCUT2D eigenvalue weighted by Gasteiger charge is 1.96. The van der Waals surface area contributed by atoms with Gasteiger partial charge in [0.25, 0.3) is 0 Å². The molecule has 0 spiro atoms. The van der Waals surface area contributed by atoms with Crippen LogP contribution in [0.5, 0.6) is 5.75 Å². The molecule has 0 bridgehead atoms. The smallest absolute Gasteiger partial charge is 0.168 e. The van der Waals surface area contributed by atoms with E-state index < -0.39 is 0 Å². The lowest BCUT2D eigenvalue weighted by atomic mass is 10.2. The number of carbonyl (C=O) groups excluding carboxylic acids is 1. The van der Waals surface area contributed by atoms with Gasteiger partial charge in [0, 0.05) is 0 Å². The lowest BCUT2D eigenvalue weighted by molar-refractivity contribution is 0.111. The first-order chi connectivity index (χ1) is 6.76. The molecule has 1 aromatic heterocycles. The summed E-state index contributed by atoms with van der Waals surface area (Å²) < 4.78 is 5.38. The van der Waals surface area contributed by atoms with Crippen molar-refractivity contribution in [3.8, 4) is 5.75 Å². The van der Waals surface area contributed by atoms with Gasteiger partial charge < -0.3 is 4.74 Å². The molecule has 0 radical (unpaired) electrons. The summed E-state index contributed by atoms with van der Waals surface area (Å²) >= 11 is 0. The van der Waals surface area contributed by atoms with Crippen LogP contribution in [-0.4, -0.2) is 17.9 Å². The third-order valence-electron chi connectivity index (χ3n) is 1.82. The first kappa shape index (κ1) is 10.4. The van der Waals surface area contributed by atoms with Gasteiger partial charge in [0.15, 0.2) is 6.29 Å². The summed E-state index contributed by atoms with van der Waals surface area (Å²) in [6.07, 6.45) is 3.14. The maximum absolute atomic E-state index is 10.3. The summed E-state index contributed by atoms with van der Waals surface area (Å²) in [7, 11) is 0. The normalized spacial score (nSPS) is 9.50. The van der Waals surface area contributed by atoms with Crippen LogP contribution in [0.3, 0.4) is 0 Å². The third kappa shape index (κ3) is 3.01. The maximum Gasteiger partial charge on any atom is 0.168 e. The van der Waals surface area contributed by atoms with E-state index in [1.807, 2.05) is 6.92 Å². The van der Waals surface area contributed by atoms with Gasteiger partial charge in [0.1, 0.15) is 18.1 Å². The molecule has 3 heteroatoms. The second kappa shape index (κ2) is 5.17. The molecule has 0 fully saturated rings. The molecule has 0 saturated heterocycles. The van der Waals surface area contributed by atoms with Crippen molar-refractivity contribution < 1.29 is 9.53 Å². The number of hydrogen-bond donors (Lipinski definition) is 0. The van der Waals surface area contributed by atoms with Gasteiger partial charge in [-0.15, -0.1) is 0 Å². The molecule has 14 heavy (non-hydrogen) atoms. The monoisotopic (exact) mass is 191 g/mol. The topological polar surface area (TPSA) is 39.2 Å². The van der Waals surface area contributed by atoms with Crippen molar-refractivity contribution in [2.45, 2.75) is 13.3 Å². The summed E-state index contributed by atoms with van der Waals surface area (Å²) in [5, 5.41) is 0. The van der Waals surface area contributed by atoms with Crippen molar-refractivity contribution in [3.05, 3.63) is 36.2 Å². The number of nitrogens with zero attached hydrogens (tertiary/aromatic N) is 1. The minimum Gasteiger partial charge on any atom is -0.488 e. The molecule has 0 amide bonds. The second-order valence-corrected chi connectivity index (χ2v) is 2.93. The van der Waals surface area contributed by atoms with Gasteiger partial charge in [-0.1, -0.05) is 13.5 Å². The molecular weight excluding hydrogens is 178 g/mol. The van der Waals surface area contributed by atoms with Gasteiger partial charge in [-0.05, 0) is 24.1 Å². The Morgan fingerprint density at radius 3 is 2.93 bits per heavy atom. The van der Waals surface area contributed by atoms with Crippen LogP contribution in [0.4, 0.5) is 0 Å². The van der Waals surface area contributed by atoms with Crippen LogP contribution < -0.4 is 4.74 Å². The zero-order valence-corrected chi connectivity index (χ0v) is 8.19. The van der Waals surface area contributed by atoms with Crippen molar-refractivity contribution in [1.29, 1.82) is 0 Å². The maximum atomic E-state index is 10.3. The summed E-state index contributed by atoms with van der Waals surface area (Å²) in [5.74, 6) is 0.658. The molecule has 1 heterocycles. The van der Waals surface area contributed by atoms with Crippen LogP contribution in [-0.2, 0) is 0 Å². The fourth-order valence-electron chi connectivity index (χ4n) is 0.834. The van der Waals surface area contributed by atoms with Crippen LogP contribution in [0.1, 0.15) is 23.8 Å². The van der Waals surface area contributed by atoms with E-state index >= 15 is 0 Å². The average molecular weight is 191 g/mol. The molecule has 0 aliphatic heterocycles. The summed E-state index contributed by atoms with van der Waals surface area (Å²) in [6.45, 7) is 6.35. The first-order valence-corrected chi connectivity index (χ1v) is 4.47. The Labute approximate surface area is 83.4 Å². The summed E-state index contributed by atoms with van der Waals surface area (Å²) in [6, 6.07) is 3.34. The van der Waals surface area contributed by atoms with Crippen molar-refractivity contribution in [3.63, 3.8) is 0 Å². The number of ether oxygens (including phenoxy) is 1. The van der Waals surface area contributed by atoms with E-state index in [1.54, 1.807) is 12.1 Å². The van der Waals surface area contributed by atoms with Gasteiger partial charge in [-0.25, -0.2) is 4.98 Å². The second-order valence-electron chi connectivity index (χ2n) is 2.93. The molecule has 0 atom stereocenters. The van der Waals surface area contributed by atoms with Crippen molar-refractivity contribution in [2.24, 2.45) is 0 Å². The number of hydrogen-bond acceptors (Lipinski definition) is 3.